The number of rotatable bonds is 9. The Labute approximate surface area is 207 Å². The summed E-state index contributed by atoms with van der Waals surface area (Å²) >= 11 is 0. The van der Waals surface area contributed by atoms with Crippen molar-refractivity contribution in [2.75, 3.05) is 27.4 Å². The molecule has 1 heterocycles. The molecular weight excluding hydrogens is 444 g/mol. The number of benzene rings is 2. The molecule has 1 aliphatic heterocycles. The monoisotopic (exact) mass is 480 g/mol. The summed E-state index contributed by atoms with van der Waals surface area (Å²) in [6, 6.07) is 12.9. The second-order valence-corrected chi connectivity index (χ2v) is 9.60. The maximum Gasteiger partial charge on any atom is 0.255 e. The van der Waals surface area contributed by atoms with Crippen molar-refractivity contribution in [2.24, 2.45) is 11.7 Å². The molecule has 1 aliphatic carbocycles. The van der Waals surface area contributed by atoms with E-state index < -0.39 is 11.4 Å². The molecule has 7 heteroatoms. The largest absolute Gasteiger partial charge is 0.493 e. The number of carbonyl (C=O) groups is 2. The van der Waals surface area contributed by atoms with Crippen molar-refractivity contribution in [2.45, 2.75) is 57.1 Å². The Bertz CT molecular complexity index is 1040. The number of nitrogens with two attached hydrogens (primary N) is 1. The van der Waals surface area contributed by atoms with Crippen LogP contribution in [0.5, 0.6) is 11.5 Å². The van der Waals surface area contributed by atoms with Crippen LogP contribution in [-0.2, 0) is 15.1 Å². The van der Waals surface area contributed by atoms with Gasteiger partial charge in [-0.1, -0.05) is 42.7 Å². The third-order valence-electron chi connectivity index (χ3n) is 7.52. The van der Waals surface area contributed by atoms with Crippen LogP contribution in [-0.4, -0.2) is 50.2 Å². The maximum absolute atomic E-state index is 14.3. The van der Waals surface area contributed by atoms with Gasteiger partial charge >= 0.3 is 0 Å². The van der Waals surface area contributed by atoms with Crippen molar-refractivity contribution in [3.05, 3.63) is 59.2 Å². The molecular formula is C28H36N2O5. The highest BCUT2D eigenvalue weighted by Crippen LogP contribution is 2.46. The molecule has 35 heavy (non-hydrogen) atoms. The van der Waals surface area contributed by atoms with E-state index in [1.807, 2.05) is 31.2 Å². The minimum absolute atomic E-state index is 0.0757. The molecule has 2 aliphatic rings. The Morgan fingerprint density at radius 1 is 1.00 bits per heavy atom. The van der Waals surface area contributed by atoms with Crippen LogP contribution in [0.15, 0.2) is 42.5 Å². The van der Waals surface area contributed by atoms with Gasteiger partial charge in [0.2, 0.25) is 5.91 Å². The van der Waals surface area contributed by atoms with Crippen LogP contribution >= 0.6 is 0 Å². The molecule has 4 rings (SSSR count). The lowest BCUT2D eigenvalue weighted by atomic mass is 9.74. The van der Waals surface area contributed by atoms with E-state index in [0.717, 1.165) is 49.7 Å². The highest BCUT2D eigenvalue weighted by molar-refractivity contribution is 6.00. The van der Waals surface area contributed by atoms with E-state index in [9.17, 15) is 9.59 Å². The van der Waals surface area contributed by atoms with Gasteiger partial charge in [0.15, 0.2) is 11.5 Å². The summed E-state index contributed by atoms with van der Waals surface area (Å²) in [6.07, 6.45) is 5.29. The van der Waals surface area contributed by atoms with Crippen molar-refractivity contribution in [1.29, 1.82) is 0 Å². The molecule has 2 aromatic carbocycles. The van der Waals surface area contributed by atoms with E-state index >= 15 is 0 Å². The van der Waals surface area contributed by atoms with Gasteiger partial charge in [-0.25, -0.2) is 0 Å². The van der Waals surface area contributed by atoms with Crippen LogP contribution in [0.1, 0.15) is 60.0 Å². The van der Waals surface area contributed by atoms with Gasteiger partial charge in [0.05, 0.1) is 20.3 Å². The van der Waals surface area contributed by atoms with Crippen molar-refractivity contribution < 1.29 is 23.8 Å². The number of aryl methyl sites for hydroxylation is 1. The number of nitrogens with zero attached hydrogens (tertiary/aromatic N) is 1. The van der Waals surface area contributed by atoms with E-state index in [1.165, 1.54) is 7.11 Å². The fourth-order valence-corrected chi connectivity index (χ4v) is 5.74. The molecule has 2 N–H and O–H groups in total. The molecule has 2 amide bonds. The van der Waals surface area contributed by atoms with Gasteiger partial charge in [-0.2, -0.15) is 0 Å². The number of primary amides is 1. The molecule has 188 valence electrons. The van der Waals surface area contributed by atoms with Crippen LogP contribution in [0.25, 0.3) is 0 Å². The molecule has 0 spiro atoms. The minimum Gasteiger partial charge on any atom is -0.493 e. The summed E-state index contributed by atoms with van der Waals surface area (Å²) in [7, 11) is 3.09. The molecule has 0 bridgehead atoms. The smallest absolute Gasteiger partial charge is 0.255 e. The Hall–Kier alpha value is -3.06. The molecule has 2 unspecified atom stereocenters. The average molecular weight is 481 g/mol. The average Bonchev–Trinajstić information content (AvgIpc) is 3.59. The molecule has 1 saturated heterocycles. The quantitative estimate of drug-likeness (QED) is 0.581. The van der Waals surface area contributed by atoms with Gasteiger partial charge in [0, 0.05) is 18.7 Å². The summed E-state index contributed by atoms with van der Waals surface area (Å²) in [5.74, 6) is 0.141. The van der Waals surface area contributed by atoms with E-state index in [1.54, 1.807) is 30.2 Å². The number of carbonyl (C=O) groups excluding carboxylic acids is 2. The molecule has 0 aromatic heterocycles. The first-order valence-corrected chi connectivity index (χ1v) is 12.4. The zero-order valence-electron chi connectivity index (χ0n) is 20.9. The third kappa shape index (κ3) is 4.74. The molecule has 2 atom stereocenters. The van der Waals surface area contributed by atoms with Crippen molar-refractivity contribution >= 4 is 11.8 Å². The van der Waals surface area contributed by atoms with Crippen molar-refractivity contribution in [1.82, 2.24) is 4.90 Å². The van der Waals surface area contributed by atoms with E-state index in [0.29, 0.717) is 30.2 Å². The maximum atomic E-state index is 14.3. The van der Waals surface area contributed by atoms with Crippen LogP contribution < -0.4 is 15.2 Å². The SMILES string of the molecule is COc1ccc(C(=O)N(CC2CCCO2)C(C(N)=O)(c2ccc(C)cc2)C2CCCC2)cc1OC. The van der Waals surface area contributed by atoms with Gasteiger partial charge in [-0.15, -0.1) is 0 Å². The minimum atomic E-state index is -1.28. The Kier molecular flexibility index (Phi) is 7.65. The van der Waals surface area contributed by atoms with E-state index in [-0.39, 0.29) is 17.9 Å². The van der Waals surface area contributed by atoms with Crippen LogP contribution in [0, 0.1) is 12.8 Å². The Morgan fingerprint density at radius 2 is 1.69 bits per heavy atom. The third-order valence-corrected chi connectivity index (χ3v) is 7.52. The Morgan fingerprint density at radius 3 is 2.26 bits per heavy atom. The topological polar surface area (TPSA) is 91.1 Å². The summed E-state index contributed by atoms with van der Waals surface area (Å²) in [5, 5.41) is 0. The van der Waals surface area contributed by atoms with Crippen LogP contribution in [0.2, 0.25) is 0 Å². The summed E-state index contributed by atoms with van der Waals surface area (Å²) in [5.41, 5.74) is 7.27. The number of methoxy groups -OCH3 is 2. The molecule has 0 radical (unpaired) electrons. The molecule has 1 saturated carbocycles. The fourth-order valence-electron chi connectivity index (χ4n) is 5.74. The number of hydrogen-bond donors (Lipinski definition) is 1. The zero-order chi connectivity index (χ0) is 25.0. The van der Waals surface area contributed by atoms with Crippen molar-refractivity contribution in [3.8, 4) is 11.5 Å². The van der Waals surface area contributed by atoms with Gasteiger partial charge in [-0.3, -0.25) is 9.59 Å². The lowest BCUT2D eigenvalue weighted by Crippen LogP contribution is -2.62. The highest BCUT2D eigenvalue weighted by atomic mass is 16.5. The van der Waals surface area contributed by atoms with Gasteiger partial charge in [0.1, 0.15) is 5.54 Å². The lowest BCUT2D eigenvalue weighted by molar-refractivity contribution is -0.134. The fraction of sp³-hybridized carbons (Fsp3) is 0.500. The number of amides is 2. The van der Waals surface area contributed by atoms with Gasteiger partial charge in [0.25, 0.3) is 5.91 Å². The zero-order valence-corrected chi connectivity index (χ0v) is 20.9. The number of hydrogen-bond acceptors (Lipinski definition) is 5. The highest BCUT2D eigenvalue weighted by Gasteiger charge is 2.53. The predicted octanol–water partition coefficient (Wildman–Crippen LogP) is 4.20. The van der Waals surface area contributed by atoms with E-state index in [2.05, 4.69) is 0 Å². The molecule has 7 nitrogen and oxygen atoms in total. The predicted molar refractivity (Wildman–Crippen MR) is 134 cm³/mol. The standard InChI is InChI=1S/C28H36N2O5/c1-19-10-13-22(14-11-19)28(27(29)32,21-7-4-5-8-21)30(18-23-9-6-16-35-23)26(31)20-12-15-24(33-2)25(17-20)34-3/h10-15,17,21,23H,4-9,16,18H2,1-3H3,(H2,29,32). The van der Waals surface area contributed by atoms with Crippen LogP contribution in [0.3, 0.4) is 0 Å². The second kappa shape index (κ2) is 10.7. The summed E-state index contributed by atoms with van der Waals surface area (Å²) in [4.78, 5) is 29.6. The molecule has 2 aromatic rings. The van der Waals surface area contributed by atoms with Gasteiger partial charge in [-0.05, 0) is 62.3 Å². The van der Waals surface area contributed by atoms with Gasteiger partial charge < -0.3 is 24.8 Å². The van der Waals surface area contributed by atoms with Crippen LogP contribution in [0.4, 0.5) is 0 Å². The lowest BCUT2D eigenvalue weighted by Gasteiger charge is -2.47. The Balaban J connectivity index is 1.89. The molecule has 2 fully saturated rings. The summed E-state index contributed by atoms with van der Waals surface area (Å²) < 4.78 is 16.8. The van der Waals surface area contributed by atoms with E-state index in [4.69, 9.17) is 19.9 Å². The summed E-state index contributed by atoms with van der Waals surface area (Å²) in [6.45, 7) is 2.95. The second-order valence-electron chi connectivity index (χ2n) is 9.60. The first kappa shape index (κ1) is 25.0. The first-order valence-electron chi connectivity index (χ1n) is 12.4. The number of ether oxygens (including phenoxy) is 3. The normalized spacial score (nSPS) is 19.8. The first-order chi connectivity index (χ1) is 16.9. The van der Waals surface area contributed by atoms with Crippen molar-refractivity contribution in [3.63, 3.8) is 0 Å².